The summed E-state index contributed by atoms with van der Waals surface area (Å²) in [5.41, 5.74) is 1.26. The van der Waals surface area contributed by atoms with E-state index in [1.54, 1.807) is 14.2 Å². The molecule has 0 spiro atoms. The molecule has 0 fully saturated rings. The van der Waals surface area contributed by atoms with Gasteiger partial charge >= 0.3 is 0 Å². The van der Waals surface area contributed by atoms with Gasteiger partial charge in [0.15, 0.2) is 0 Å². The zero-order valence-corrected chi connectivity index (χ0v) is 12.1. The monoisotopic (exact) mass is 267 g/mol. The van der Waals surface area contributed by atoms with Crippen LogP contribution in [-0.2, 0) is 15.9 Å². The van der Waals surface area contributed by atoms with Gasteiger partial charge in [0.2, 0.25) is 0 Å². The summed E-state index contributed by atoms with van der Waals surface area (Å²) in [5, 5.41) is 3.33. The number of hydrogen-bond acceptors (Lipinski definition) is 4. The van der Waals surface area contributed by atoms with Crippen LogP contribution in [0, 0.1) is 0 Å². The molecule has 1 unspecified atom stereocenters. The molecule has 108 valence electrons. The Balaban J connectivity index is 2.19. The molecular weight excluding hydrogens is 242 g/mol. The highest BCUT2D eigenvalue weighted by Gasteiger charge is 2.00. The lowest BCUT2D eigenvalue weighted by Gasteiger charge is -2.13. The summed E-state index contributed by atoms with van der Waals surface area (Å²) in [7, 11) is 3.43. The van der Waals surface area contributed by atoms with Gasteiger partial charge in [-0.15, -0.1) is 0 Å². The predicted octanol–water partition coefficient (Wildman–Crippen LogP) is 1.88. The molecule has 0 amide bonds. The number of ether oxygens (including phenoxy) is 3. The maximum atomic E-state index is 5.66. The van der Waals surface area contributed by atoms with Crippen molar-refractivity contribution in [3.8, 4) is 5.75 Å². The summed E-state index contributed by atoms with van der Waals surface area (Å²) in [6.07, 6.45) is 0.937. The summed E-state index contributed by atoms with van der Waals surface area (Å²) in [6.45, 7) is 5.03. The van der Waals surface area contributed by atoms with Gasteiger partial charge in [-0.2, -0.15) is 0 Å². The van der Waals surface area contributed by atoms with Crippen molar-refractivity contribution < 1.29 is 14.2 Å². The summed E-state index contributed by atoms with van der Waals surface area (Å²) >= 11 is 0. The van der Waals surface area contributed by atoms with Crippen molar-refractivity contribution >= 4 is 0 Å². The van der Waals surface area contributed by atoms with Gasteiger partial charge in [0.1, 0.15) is 12.4 Å². The van der Waals surface area contributed by atoms with E-state index < -0.39 is 0 Å². The highest BCUT2D eigenvalue weighted by Crippen LogP contribution is 2.12. The molecule has 19 heavy (non-hydrogen) atoms. The molecule has 1 aromatic carbocycles. The molecule has 0 saturated carbocycles. The molecule has 1 aromatic rings. The first-order valence-corrected chi connectivity index (χ1v) is 6.69. The van der Waals surface area contributed by atoms with Crippen LogP contribution in [0.2, 0.25) is 0 Å². The molecule has 0 aromatic heterocycles. The van der Waals surface area contributed by atoms with Gasteiger partial charge in [0.05, 0.1) is 13.2 Å². The number of methoxy groups -OCH3 is 2. The SMILES string of the molecule is COCCc1ccc(OCCNC(C)COC)cc1. The van der Waals surface area contributed by atoms with Crippen LogP contribution in [-0.4, -0.2) is 46.6 Å². The molecule has 0 aliphatic rings. The molecule has 1 atom stereocenters. The second kappa shape index (κ2) is 9.78. The van der Waals surface area contributed by atoms with Gasteiger partial charge in [0.25, 0.3) is 0 Å². The van der Waals surface area contributed by atoms with Crippen molar-refractivity contribution in [2.24, 2.45) is 0 Å². The number of benzene rings is 1. The van der Waals surface area contributed by atoms with Crippen LogP contribution in [0.15, 0.2) is 24.3 Å². The molecule has 1 rings (SSSR count). The van der Waals surface area contributed by atoms with Crippen LogP contribution in [0.3, 0.4) is 0 Å². The Morgan fingerprint density at radius 1 is 1.05 bits per heavy atom. The third kappa shape index (κ3) is 7.15. The molecular formula is C15H25NO3. The Kier molecular flexibility index (Phi) is 8.21. The molecule has 4 nitrogen and oxygen atoms in total. The molecule has 0 radical (unpaired) electrons. The fourth-order valence-corrected chi connectivity index (χ4v) is 1.76. The van der Waals surface area contributed by atoms with Gasteiger partial charge in [-0.05, 0) is 31.0 Å². The lowest BCUT2D eigenvalue weighted by Crippen LogP contribution is -2.33. The molecule has 4 heteroatoms. The number of rotatable bonds is 10. The average molecular weight is 267 g/mol. The van der Waals surface area contributed by atoms with E-state index in [1.807, 2.05) is 12.1 Å². The van der Waals surface area contributed by atoms with Crippen molar-refractivity contribution in [2.45, 2.75) is 19.4 Å². The highest BCUT2D eigenvalue weighted by molar-refractivity contribution is 5.27. The van der Waals surface area contributed by atoms with Crippen LogP contribution in [0.25, 0.3) is 0 Å². The van der Waals surface area contributed by atoms with Gasteiger partial charge in [0, 0.05) is 26.8 Å². The van der Waals surface area contributed by atoms with Gasteiger partial charge < -0.3 is 19.5 Å². The normalized spacial score (nSPS) is 12.4. The predicted molar refractivity (Wildman–Crippen MR) is 76.9 cm³/mol. The topological polar surface area (TPSA) is 39.7 Å². The molecule has 0 aliphatic carbocycles. The first-order chi connectivity index (χ1) is 9.26. The summed E-state index contributed by atoms with van der Waals surface area (Å²) in [5.74, 6) is 0.905. The quantitative estimate of drug-likeness (QED) is 0.657. The van der Waals surface area contributed by atoms with E-state index in [0.29, 0.717) is 19.3 Å². The Morgan fingerprint density at radius 3 is 2.42 bits per heavy atom. The van der Waals surface area contributed by atoms with E-state index in [0.717, 1.165) is 25.3 Å². The average Bonchev–Trinajstić information content (AvgIpc) is 2.43. The van der Waals surface area contributed by atoms with E-state index >= 15 is 0 Å². The van der Waals surface area contributed by atoms with Gasteiger partial charge in [-0.25, -0.2) is 0 Å². The minimum absolute atomic E-state index is 0.352. The standard InChI is InChI=1S/C15H25NO3/c1-13(12-18-3)16-9-11-19-15-6-4-14(5-7-15)8-10-17-2/h4-7,13,16H,8-12H2,1-3H3. The Labute approximate surface area is 116 Å². The molecule has 0 heterocycles. The Morgan fingerprint density at radius 2 is 1.79 bits per heavy atom. The Bertz CT molecular complexity index is 327. The van der Waals surface area contributed by atoms with Crippen LogP contribution >= 0.6 is 0 Å². The largest absolute Gasteiger partial charge is 0.492 e. The minimum Gasteiger partial charge on any atom is -0.492 e. The second-order valence-electron chi connectivity index (χ2n) is 4.55. The first kappa shape index (κ1) is 16.0. The van der Waals surface area contributed by atoms with Crippen LogP contribution in [0.4, 0.5) is 0 Å². The van der Waals surface area contributed by atoms with E-state index in [4.69, 9.17) is 14.2 Å². The number of hydrogen-bond donors (Lipinski definition) is 1. The van der Waals surface area contributed by atoms with E-state index in [1.165, 1.54) is 5.56 Å². The third-order valence-electron chi connectivity index (χ3n) is 2.80. The maximum absolute atomic E-state index is 5.66. The zero-order chi connectivity index (χ0) is 13.9. The van der Waals surface area contributed by atoms with Crippen molar-refractivity contribution in [2.75, 3.05) is 40.6 Å². The van der Waals surface area contributed by atoms with Crippen LogP contribution in [0.5, 0.6) is 5.75 Å². The van der Waals surface area contributed by atoms with Crippen LogP contribution < -0.4 is 10.1 Å². The highest BCUT2D eigenvalue weighted by atomic mass is 16.5. The zero-order valence-electron chi connectivity index (χ0n) is 12.1. The van der Waals surface area contributed by atoms with E-state index in [2.05, 4.69) is 24.4 Å². The second-order valence-corrected chi connectivity index (χ2v) is 4.55. The number of nitrogens with one attached hydrogen (secondary N) is 1. The molecule has 0 saturated heterocycles. The van der Waals surface area contributed by atoms with Gasteiger partial charge in [-0.3, -0.25) is 0 Å². The fourth-order valence-electron chi connectivity index (χ4n) is 1.76. The summed E-state index contributed by atoms with van der Waals surface area (Å²) in [6, 6.07) is 8.52. The van der Waals surface area contributed by atoms with Crippen molar-refractivity contribution in [3.63, 3.8) is 0 Å². The van der Waals surface area contributed by atoms with E-state index in [-0.39, 0.29) is 0 Å². The summed E-state index contributed by atoms with van der Waals surface area (Å²) in [4.78, 5) is 0. The smallest absolute Gasteiger partial charge is 0.119 e. The molecule has 0 bridgehead atoms. The van der Waals surface area contributed by atoms with E-state index in [9.17, 15) is 0 Å². The molecule has 1 N–H and O–H groups in total. The minimum atomic E-state index is 0.352. The van der Waals surface area contributed by atoms with Crippen molar-refractivity contribution in [1.82, 2.24) is 5.32 Å². The van der Waals surface area contributed by atoms with Gasteiger partial charge in [-0.1, -0.05) is 12.1 Å². The van der Waals surface area contributed by atoms with Crippen molar-refractivity contribution in [3.05, 3.63) is 29.8 Å². The maximum Gasteiger partial charge on any atom is 0.119 e. The lowest BCUT2D eigenvalue weighted by atomic mass is 10.1. The van der Waals surface area contributed by atoms with Crippen molar-refractivity contribution in [1.29, 1.82) is 0 Å². The lowest BCUT2D eigenvalue weighted by molar-refractivity contribution is 0.169. The van der Waals surface area contributed by atoms with Crippen LogP contribution in [0.1, 0.15) is 12.5 Å². The Hall–Kier alpha value is -1.10. The summed E-state index contributed by atoms with van der Waals surface area (Å²) < 4.78 is 15.8. The third-order valence-corrected chi connectivity index (χ3v) is 2.80. The molecule has 0 aliphatic heterocycles. The first-order valence-electron chi connectivity index (χ1n) is 6.69. The fraction of sp³-hybridized carbons (Fsp3) is 0.600.